The molecule has 0 spiro atoms. The molecule has 0 heterocycles. The van der Waals surface area contributed by atoms with Crippen molar-refractivity contribution in [2.75, 3.05) is 18.5 Å². The Hall–Kier alpha value is -0.0957. The molecule has 0 bridgehead atoms. The van der Waals surface area contributed by atoms with Crippen LogP contribution in [0.5, 0.6) is 0 Å². The van der Waals surface area contributed by atoms with Crippen LogP contribution < -0.4 is 0 Å². The van der Waals surface area contributed by atoms with E-state index >= 15 is 0 Å². The molecule has 3 heteroatoms. The predicted molar refractivity (Wildman–Crippen MR) is 129 cm³/mol. The first-order valence-electron chi connectivity index (χ1n) is 11.3. The molecule has 0 aliphatic heterocycles. The topological polar surface area (TPSA) is 12.4 Å². The van der Waals surface area contributed by atoms with Gasteiger partial charge >= 0.3 is 0 Å². The Bertz CT molecular complexity index is 483. The fraction of sp³-hybridized carbons (Fsp3) is 0.680. The van der Waals surface area contributed by atoms with Crippen molar-refractivity contribution in [1.29, 1.82) is 0 Å². The summed E-state index contributed by atoms with van der Waals surface area (Å²) in [6.07, 6.45) is 26.1. The first-order chi connectivity index (χ1) is 13.0. The van der Waals surface area contributed by atoms with Crippen molar-refractivity contribution < 1.29 is 21.7 Å². The number of hydrogen-bond acceptors (Lipinski definition) is 1. The summed E-state index contributed by atoms with van der Waals surface area (Å²) in [7, 11) is -1.12. The van der Waals surface area contributed by atoms with Gasteiger partial charge in [0.05, 0.1) is 0 Å². The van der Waals surface area contributed by atoms with E-state index < -0.39 is 7.05 Å². The van der Waals surface area contributed by atoms with Gasteiger partial charge in [-0.05, 0) is 57.8 Å². The summed E-state index contributed by atoms with van der Waals surface area (Å²) in [5, 5.41) is 0. The summed E-state index contributed by atoms with van der Waals surface area (Å²) in [6.45, 7) is 15.9. The molecule has 0 N–H and O–H groups in total. The third-order valence-corrected chi connectivity index (χ3v) is 9.10. The first-order valence-corrected chi connectivity index (χ1v) is 13.6. The van der Waals surface area contributed by atoms with Crippen molar-refractivity contribution in [3.63, 3.8) is 0 Å². The molecule has 1 rings (SSSR count). The van der Waals surface area contributed by atoms with Crippen LogP contribution in [0.4, 0.5) is 0 Å². The van der Waals surface area contributed by atoms with Crippen molar-refractivity contribution in [3.05, 3.63) is 48.7 Å². The maximum atomic E-state index is 5.43. The number of unbranched alkanes of at least 4 members (excludes halogenated alkanes) is 6. The Morgan fingerprint density at radius 3 is 1.68 bits per heavy atom. The quantitative estimate of drug-likeness (QED) is 0.111. The summed E-state index contributed by atoms with van der Waals surface area (Å²) < 4.78 is 5.43. The van der Waals surface area contributed by atoms with Crippen LogP contribution in [0.25, 0.3) is 0 Å². The van der Waals surface area contributed by atoms with Crippen molar-refractivity contribution in [3.8, 4) is 0 Å². The van der Waals surface area contributed by atoms with Gasteiger partial charge in [0.1, 0.15) is 0 Å². The molecule has 0 unspecified atom stereocenters. The molecule has 0 saturated heterocycles. The normalized spacial score (nSPS) is 12.5. The third-order valence-electron chi connectivity index (χ3n) is 4.97. The largest absolute Gasteiger partial charge is 0.272 e. The molecule has 0 aromatic rings. The number of hydrogen-bond donors (Lipinski definition) is 0. The van der Waals surface area contributed by atoms with Gasteiger partial charge in [0.15, 0.2) is 0 Å². The minimum absolute atomic E-state index is 0. The zero-order valence-corrected chi connectivity index (χ0v) is 21.8. The Kier molecular flexibility index (Phi) is 21.7. The minimum atomic E-state index is -1.12. The Morgan fingerprint density at radius 2 is 1.39 bits per heavy atom. The molecule has 0 aromatic carbocycles. The number of allylic oxidation sites excluding steroid dienone is 5. The molecule has 0 amide bonds. The van der Waals surface area contributed by atoms with Crippen LogP contribution in [0.2, 0.25) is 0 Å². The average Bonchev–Trinajstić information content (AvgIpc) is 3.15. The smallest absolute Gasteiger partial charge is 0.0425 e. The van der Waals surface area contributed by atoms with Gasteiger partial charge in [0.25, 0.3) is 0 Å². The van der Waals surface area contributed by atoms with E-state index in [9.17, 15) is 0 Å². The SMILES string of the molecule is C=CC(=C)C.CCCCCP(CCCCC)(CCCCC)=NC1=CC=CC1.[Ti]. The molecule has 0 aromatic heterocycles. The molecular formula is C25H46NPTi. The second-order valence-corrected chi connectivity index (χ2v) is 11.6. The molecule has 0 saturated carbocycles. The Morgan fingerprint density at radius 1 is 0.964 bits per heavy atom. The van der Waals surface area contributed by atoms with Crippen LogP contribution in [0.1, 0.15) is 91.9 Å². The van der Waals surface area contributed by atoms with Crippen LogP contribution in [-0.2, 0) is 21.7 Å². The van der Waals surface area contributed by atoms with Crippen molar-refractivity contribution in [2.45, 2.75) is 91.9 Å². The zero-order valence-electron chi connectivity index (χ0n) is 19.3. The third kappa shape index (κ3) is 15.8. The maximum Gasteiger partial charge on any atom is 0.0425 e. The maximum absolute atomic E-state index is 5.43. The zero-order chi connectivity index (χ0) is 20.4. The van der Waals surface area contributed by atoms with Crippen LogP contribution in [0.3, 0.4) is 0 Å². The number of rotatable bonds is 14. The molecule has 1 aliphatic carbocycles. The second-order valence-electron chi connectivity index (χ2n) is 7.83. The van der Waals surface area contributed by atoms with Gasteiger partial charge in [-0.3, -0.25) is 4.74 Å². The summed E-state index contributed by atoms with van der Waals surface area (Å²) in [4.78, 5) is 0. The van der Waals surface area contributed by atoms with E-state index in [1.54, 1.807) is 6.08 Å². The summed E-state index contributed by atoms with van der Waals surface area (Å²) in [5.41, 5.74) is 2.39. The van der Waals surface area contributed by atoms with Crippen molar-refractivity contribution in [2.24, 2.45) is 4.74 Å². The fourth-order valence-corrected chi connectivity index (χ4v) is 7.34. The van der Waals surface area contributed by atoms with Gasteiger partial charge in [0.2, 0.25) is 0 Å². The average molecular weight is 439 g/mol. The summed E-state index contributed by atoms with van der Waals surface area (Å²) >= 11 is 0. The number of nitrogens with zero attached hydrogens (tertiary/aromatic N) is 1. The van der Waals surface area contributed by atoms with E-state index in [2.05, 4.69) is 52.2 Å². The summed E-state index contributed by atoms with van der Waals surface area (Å²) in [6, 6.07) is 0. The Labute approximate surface area is 192 Å². The van der Waals surface area contributed by atoms with Gasteiger partial charge in [0, 0.05) is 33.8 Å². The molecule has 0 atom stereocenters. The molecule has 28 heavy (non-hydrogen) atoms. The van der Waals surface area contributed by atoms with E-state index in [1.165, 1.54) is 82.0 Å². The van der Waals surface area contributed by atoms with E-state index in [0.717, 1.165) is 12.0 Å². The van der Waals surface area contributed by atoms with Crippen LogP contribution >= 0.6 is 7.05 Å². The molecular weight excluding hydrogens is 393 g/mol. The van der Waals surface area contributed by atoms with Gasteiger partial charge < -0.3 is 0 Å². The van der Waals surface area contributed by atoms with Crippen LogP contribution in [0, 0.1) is 0 Å². The monoisotopic (exact) mass is 439 g/mol. The van der Waals surface area contributed by atoms with Gasteiger partial charge in [-0.25, -0.2) is 0 Å². The van der Waals surface area contributed by atoms with Gasteiger partial charge in [-0.15, -0.1) is 0 Å². The fourth-order valence-electron chi connectivity index (χ4n) is 3.24. The Balaban J connectivity index is 0. The van der Waals surface area contributed by atoms with Crippen molar-refractivity contribution in [1.82, 2.24) is 0 Å². The van der Waals surface area contributed by atoms with E-state index in [-0.39, 0.29) is 21.7 Å². The van der Waals surface area contributed by atoms with E-state index in [1.807, 2.05) is 6.92 Å². The molecule has 0 fully saturated rings. The first kappa shape index (κ1) is 30.1. The molecule has 1 nitrogen and oxygen atoms in total. The van der Waals surface area contributed by atoms with Gasteiger partial charge in [-0.2, -0.15) is 0 Å². The van der Waals surface area contributed by atoms with E-state index in [4.69, 9.17) is 4.74 Å². The van der Waals surface area contributed by atoms with Crippen molar-refractivity contribution >= 4 is 7.05 Å². The van der Waals surface area contributed by atoms with Crippen LogP contribution in [-0.4, -0.2) is 18.5 Å². The van der Waals surface area contributed by atoms with Gasteiger partial charge in [-0.1, -0.05) is 96.3 Å². The molecule has 160 valence electrons. The minimum Gasteiger partial charge on any atom is -0.272 e. The van der Waals surface area contributed by atoms with E-state index in [0.29, 0.717) is 0 Å². The molecule has 0 radical (unpaired) electrons. The predicted octanol–water partition coefficient (Wildman–Crippen LogP) is 9.35. The standard InChI is InChI=1S/C20H38NP.C5H8.Ti/c1-4-7-12-17-22(18-13-8-5-2,19-14-9-6-3)21-20-15-10-11-16-20;1-4-5(2)3;/h10-11,15H,4-9,12-14,16-19H2,1-3H3;4H,1-2H2,3H3;. The second kappa shape index (κ2) is 20.2. The molecule has 1 aliphatic rings. The summed E-state index contributed by atoms with van der Waals surface area (Å²) in [5.74, 6) is 0. The van der Waals surface area contributed by atoms with Crippen LogP contribution in [0.15, 0.2) is 53.5 Å².